The summed E-state index contributed by atoms with van der Waals surface area (Å²) in [5, 5.41) is 0. The van der Waals surface area contributed by atoms with Gasteiger partial charge in [-0.05, 0) is 17.7 Å². The van der Waals surface area contributed by atoms with Crippen LogP contribution in [0.4, 0.5) is 5.69 Å². The molecule has 0 spiro atoms. The van der Waals surface area contributed by atoms with Crippen molar-refractivity contribution < 1.29 is 4.74 Å². The zero-order valence-electron chi connectivity index (χ0n) is 9.30. The van der Waals surface area contributed by atoms with Crippen molar-refractivity contribution in [1.82, 2.24) is 0 Å². The van der Waals surface area contributed by atoms with Gasteiger partial charge in [-0.15, -0.1) is 0 Å². The van der Waals surface area contributed by atoms with Crippen LogP contribution < -0.4 is 4.90 Å². The Kier molecular flexibility index (Phi) is 4.31. The molecule has 3 heteroatoms. The van der Waals surface area contributed by atoms with Crippen LogP contribution in [-0.4, -0.2) is 32.1 Å². The Morgan fingerprint density at radius 3 is 2.50 bits per heavy atom. The van der Waals surface area contributed by atoms with Crippen LogP contribution >= 0.6 is 12.6 Å². The number of morpholine rings is 1. The predicted molar refractivity (Wildman–Crippen MR) is 72.4 cm³/mol. The number of thiol groups is 1. The van der Waals surface area contributed by atoms with Gasteiger partial charge >= 0.3 is 0 Å². The van der Waals surface area contributed by atoms with Crippen LogP contribution in [0.1, 0.15) is 5.56 Å². The second kappa shape index (κ2) is 5.97. The molecule has 2 nitrogen and oxygen atoms in total. The summed E-state index contributed by atoms with van der Waals surface area (Å²) in [6.07, 6.45) is 4.14. The van der Waals surface area contributed by atoms with E-state index in [9.17, 15) is 0 Å². The van der Waals surface area contributed by atoms with E-state index in [1.165, 1.54) is 11.3 Å². The van der Waals surface area contributed by atoms with Crippen LogP contribution in [0.15, 0.2) is 30.3 Å². The number of benzene rings is 1. The normalized spacial score (nSPS) is 16.9. The van der Waals surface area contributed by atoms with Crippen LogP contribution in [0.5, 0.6) is 0 Å². The van der Waals surface area contributed by atoms with Crippen molar-refractivity contribution in [2.24, 2.45) is 0 Å². The maximum absolute atomic E-state index is 5.34. The van der Waals surface area contributed by atoms with E-state index in [4.69, 9.17) is 4.74 Å². The van der Waals surface area contributed by atoms with E-state index in [1.807, 2.05) is 6.08 Å². The van der Waals surface area contributed by atoms with E-state index in [2.05, 4.69) is 47.9 Å². The summed E-state index contributed by atoms with van der Waals surface area (Å²) in [7, 11) is 0. The van der Waals surface area contributed by atoms with Gasteiger partial charge in [0.2, 0.25) is 0 Å². The van der Waals surface area contributed by atoms with Crippen molar-refractivity contribution in [3.8, 4) is 0 Å². The predicted octanol–water partition coefficient (Wildman–Crippen LogP) is 2.47. The Hall–Kier alpha value is -0.930. The molecule has 1 saturated heterocycles. The molecule has 0 aliphatic carbocycles. The number of hydrogen-bond acceptors (Lipinski definition) is 3. The third kappa shape index (κ3) is 3.03. The molecule has 1 heterocycles. The topological polar surface area (TPSA) is 12.5 Å². The van der Waals surface area contributed by atoms with Crippen LogP contribution in [-0.2, 0) is 4.74 Å². The lowest BCUT2D eigenvalue weighted by Gasteiger charge is -2.28. The summed E-state index contributed by atoms with van der Waals surface area (Å²) in [5.74, 6) is 0.783. The van der Waals surface area contributed by atoms with E-state index in [1.54, 1.807) is 0 Å². The Balaban J connectivity index is 2.03. The summed E-state index contributed by atoms with van der Waals surface area (Å²) in [4.78, 5) is 2.36. The molecule has 0 N–H and O–H groups in total. The molecular formula is C13H17NOS. The van der Waals surface area contributed by atoms with Crippen LogP contribution in [0.2, 0.25) is 0 Å². The Morgan fingerprint density at radius 1 is 1.19 bits per heavy atom. The summed E-state index contributed by atoms with van der Waals surface area (Å²) in [6.45, 7) is 3.65. The van der Waals surface area contributed by atoms with Crippen molar-refractivity contribution >= 4 is 24.4 Å². The highest BCUT2D eigenvalue weighted by molar-refractivity contribution is 7.80. The van der Waals surface area contributed by atoms with Crippen LogP contribution in [0, 0.1) is 0 Å². The van der Waals surface area contributed by atoms with Crippen molar-refractivity contribution in [3.05, 3.63) is 35.9 Å². The summed E-state index contributed by atoms with van der Waals surface area (Å²) < 4.78 is 5.34. The van der Waals surface area contributed by atoms with Gasteiger partial charge in [0.15, 0.2) is 0 Å². The maximum atomic E-state index is 5.34. The zero-order valence-corrected chi connectivity index (χ0v) is 10.2. The lowest BCUT2D eigenvalue weighted by molar-refractivity contribution is 0.122. The van der Waals surface area contributed by atoms with Crippen LogP contribution in [0.25, 0.3) is 6.08 Å². The van der Waals surface area contributed by atoms with E-state index < -0.39 is 0 Å². The van der Waals surface area contributed by atoms with Crippen LogP contribution in [0.3, 0.4) is 0 Å². The van der Waals surface area contributed by atoms with E-state index in [0.29, 0.717) is 0 Å². The fourth-order valence-electron chi connectivity index (χ4n) is 1.81. The smallest absolute Gasteiger partial charge is 0.0642 e. The molecule has 0 saturated carbocycles. The Bertz CT molecular complexity index is 341. The highest BCUT2D eigenvalue weighted by Crippen LogP contribution is 2.17. The molecule has 0 atom stereocenters. The SMILES string of the molecule is SCC=Cc1ccc(N2CCOCC2)cc1. The first-order chi connectivity index (χ1) is 7.90. The van der Waals surface area contributed by atoms with E-state index >= 15 is 0 Å². The number of nitrogens with zero attached hydrogens (tertiary/aromatic N) is 1. The Labute approximate surface area is 102 Å². The van der Waals surface area contributed by atoms with Gasteiger partial charge < -0.3 is 9.64 Å². The number of ether oxygens (including phenoxy) is 1. The van der Waals surface area contributed by atoms with Gasteiger partial charge in [0.05, 0.1) is 13.2 Å². The lowest BCUT2D eigenvalue weighted by atomic mass is 10.2. The molecule has 1 aliphatic rings. The molecule has 0 aromatic heterocycles. The minimum Gasteiger partial charge on any atom is -0.378 e. The second-order valence-electron chi connectivity index (χ2n) is 3.78. The molecule has 1 aromatic rings. The molecule has 16 heavy (non-hydrogen) atoms. The molecule has 0 unspecified atom stereocenters. The standard InChI is InChI=1S/C13H17NOS/c16-11-1-2-12-3-5-13(6-4-12)14-7-9-15-10-8-14/h1-6,16H,7-11H2. The minimum absolute atomic E-state index is 0.783. The first kappa shape index (κ1) is 11.6. The van der Waals surface area contributed by atoms with E-state index in [0.717, 1.165) is 32.1 Å². The lowest BCUT2D eigenvalue weighted by Crippen LogP contribution is -2.36. The average Bonchev–Trinajstić information content (AvgIpc) is 2.38. The van der Waals surface area contributed by atoms with Gasteiger partial charge in [-0.3, -0.25) is 0 Å². The third-order valence-electron chi connectivity index (χ3n) is 2.69. The summed E-state index contributed by atoms with van der Waals surface area (Å²) in [5.41, 5.74) is 2.51. The Morgan fingerprint density at radius 2 is 1.88 bits per heavy atom. The quantitative estimate of drug-likeness (QED) is 0.808. The molecule has 0 bridgehead atoms. The molecule has 1 aromatic carbocycles. The number of anilines is 1. The van der Waals surface area contributed by atoms with Crippen molar-refractivity contribution in [2.45, 2.75) is 0 Å². The fourth-order valence-corrected chi connectivity index (χ4v) is 1.91. The molecule has 2 rings (SSSR count). The highest BCUT2D eigenvalue weighted by Gasteiger charge is 2.10. The molecule has 1 fully saturated rings. The van der Waals surface area contributed by atoms with Gasteiger partial charge in [-0.25, -0.2) is 0 Å². The number of rotatable bonds is 3. The van der Waals surface area contributed by atoms with Gasteiger partial charge in [0, 0.05) is 24.5 Å². The van der Waals surface area contributed by atoms with Gasteiger partial charge in [0.1, 0.15) is 0 Å². The fraction of sp³-hybridized carbons (Fsp3) is 0.385. The maximum Gasteiger partial charge on any atom is 0.0642 e. The third-order valence-corrected chi connectivity index (χ3v) is 2.90. The molecule has 86 valence electrons. The average molecular weight is 235 g/mol. The number of hydrogen-bond donors (Lipinski definition) is 1. The monoisotopic (exact) mass is 235 g/mol. The van der Waals surface area contributed by atoms with Crippen molar-refractivity contribution in [2.75, 3.05) is 37.0 Å². The first-order valence-corrected chi connectivity index (χ1v) is 6.23. The molecular weight excluding hydrogens is 218 g/mol. The second-order valence-corrected chi connectivity index (χ2v) is 4.14. The highest BCUT2D eigenvalue weighted by atomic mass is 32.1. The summed E-state index contributed by atoms with van der Waals surface area (Å²) in [6, 6.07) is 8.63. The molecule has 0 amide bonds. The van der Waals surface area contributed by atoms with Gasteiger partial charge in [0.25, 0.3) is 0 Å². The van der Waals surface area contributed by atoms with Gasteiger partial charge in [-0.1, -0.05) is 24.3 Å². The van der Waals surface area contributed by atoms with E-state index in [-0.39, 0.29) is 0 Å². The molecule has 1 aliphatic heterocycles. The largest absolute Gasteiger partial charge is 0.378 e. The van der Waals surface area contributed by atoms with Crippen molar-refractivity contribution in [3.63, 3.8) is 0 Å². The first-order valence-electron chi connectivity index (χ1n) is 5.60. The molecule has 0 radical (unpaired) electrons. The summed E-state index contributed by atoms with van der Waals surface area (Å²) >= 11 is 4.15. The minimum atomic E-state index is 0.783. The zero-order chi connectivity index (χ0) is 11.2. The van der Waals surface area contributed by atoms with Gasteiger partial charge in [-0.2, -0.15) is 12.6 Å². The van der Waals surface area contributed by atoms with Crippen molar-refractivity contribution in [1.29, 1.82) is 0 Å².